The van der Waals surface area contributed by atoms with Crippen LogP contribution in [-0.4, -0.2) is 11.7 Å². The van der Waals surface area contributed by atoms with Crippen molar-refractivity contribution in [1.29, 1.82) is 0 Å². The van der Waals surface area contributed by atoms with Crippen molar-refractivity contribution in [2.45, 2.75) is 117 Å². The van der Waals surface area contributed by atoms with Gasteiger partial charge in [0.05, 0.1) is 6.61 Å². The highest BCUT2D eigenvalue weighted by molar-refractivity contribution is 7.80. The maximum Gasteiger partial charge on any atom is 0.159 e. The minimum atomic E-state index is 0.820. The van der Waals surface area contributed by atoms with Gasteiger partial charge in [0.2, 0.25) is 0 Å². The molecular weight excluding hydrogens is 288 g/mol. The molecule has 0 aromatic rings. The lowest BCUT2D eigenvalue weighted by molar-refractivity contribution is 0.291. The van der Waals surface area contributed by atoms with Crippen molar-refractivity contribution < 1.29 is 4.74 Å². The van der Waals surface area contributed by atoms with Crippen molar-refractivity contribution in [2.75, 3.05) is 6.61 Å². The summed E-state index contributed by atoms with van der Waals surface area (Å²) in [6.07, 6.45) is 21.4. The summed E-state index contributed by atoms with van der Waals surface area (Å²) < 4.78 is 5.58. The number of unbranched alkanes of at least 4 members (excludes halogenated alkanes) is 13. The van der Waals surface area contributed by atoms with Crippen molar-refractivity contribution in [3.8, 4) is 0 Å². The fraction of sp³-hybridized carbons (Fsp3) is 0.950. The van der Waals surface area contributed by atoms with Crippen molar-refractivity contribution in [2.24, 2.45) is 0 Å². The van der Waals surface area contributed by atoms with Crippen LogP contribution >= 0.6 is 12.2 Å². The van der Waals surface area contributed by atoms with E-state index in [1.54, 1.807) is 0 Å². The van der Waals surface area contributed by atoms with E-state index in [9.17, 15) is 0 Å². The highest BCUT2D eigenvalue weighted by Crippen LogP contribution is 2.12. The number of hydrogen-bond acceptors (Lipinski definition) is 2. The normalized spacial score (nSPS) is 10.8. The van der Waals surface area contributed by atoms with E-state index >= 15 is 0 Å². The molecule has 1 nitrogen and oxygen atoms in total. The van der Waals surface area contributed by atoms with Gasteiger partial charge in [-0.05, 0) is 25.1 Å². The van der Waals surface area contributed by atoms with E-state index in [-0.39, 0.29) is 0 Å². The van der Waals surface area contributed by atoms with Crippen LogP contribution in [0.1, 0.15) is 117 Å². The van der Waals surface area contributed by atoms with Gasteiger partial charge in [0.1, 0.15) is 0 Å². The molecule has 0 aromatic heterocycles. The zero-order chi connectivity index (χ0) is 16.3. The summed E-state index contributed by atoms with van der Waals surface area (Å²) in [6, 6.07) is 0. The van der Waals surface area contributed by atoms with E-state index in [0.29, 0.717) is 0 Å². The second-order valence-corrected chi connectivity index (χ2v) is 7.02. The van der Waals surface area contributed by atoms with Crippen LogP contribution in [0.4, 0.5) is 0 Å². The highest BCUT2D eigenvalue weighted by Gasteiger charge is 1.97. The van der Waals surface area contributed by atoms with Crippen LogP contribution in [0.3, 0.4) is 0 Å². The van der Waals surface area contributed by atoms with Crippen molar-refractivity contribution in [3.05, 3.63) is 0 Å². The predicted molar refractivity (Wildman–Crippen MR) is 104 cm³/mol. The molecular formula is C20H40OS. The van der Waals surface area contributed by atoms with Crippen LogP contribution in [0, 0.1) is 0 Å². The molecule has 0 N–H and O–H groups in total. The molecule has 0 saturated heterocycles. The largest absolute Gasteiger partial charge is 0.487 e. The third-order valence-corrected chi connectivity index (χ3v) is 4.57. The van der Waals surface area contributed by atoms with Gasteiger partial charge in [-0.15, -0.1) is 0 Å². The van der Waals surface area contributed by atoms with Gasteiger partial charge in [0, 0.05) is 6.42 Å². The van der Waals surface area contributed by atoms with Gasteiger partial charge in [-0.2, -0.15) is 0 Å². The van der Waals surface area contributed by atoms with Crippen LogP contribution in [0.5, 0.6) is 0 Å². The standard InChI is InChI=1S/C20H40OS/c1-3-5-7-8-9-10-11-12-13-14-15-16-17-19-21-20(22)18-6-4-2/h3-19H2,1-2H3. The fourth-order valence-electron chi connectivity index (χ4n) is 2.70. The second kappa shape index (κ2) is 18.9. The summed E-state index contributed by atoms with van der Waals surface area (Å²) in [5.41, 5.74) is 0. The smallest absolute Gasteiger partial charge is 0.159 e. The molecule has 0 aliphatic heterocycles. The SMILES string of the molecule is CCCCCCCCCCCCCCCOC(=S)CCCC. The van der Waals surface area contributed by atoms with Gasteiger partial charge in [-0.3, -0.25) is 0 Å². The minimum Gasteiger partial charge on any atom is -0.487 e. The number of rotatable bonds is 17. The van der Waals surface area contributed by atoms with E-state index in [2.05, 4.69) is 13.8 Å². The molecule has 22 heavy (non-hydrogen) atoms. The monoisotopic (exact) mass is 328 g/mol. The molecule has 0 rings (SSSR count). The van der Waals surface area contributed by atoms with E-state index < -0.39 is 0 Å². The van der Waals surface area contributed by atoms with Gasteiger partial charge in [0.15, 0.2) is 5.05 Å². The number of hydrogen-bond donors (Lipinski definition) is 0. The van der Waals surface area contributed by atoms with Crippen LogP contribution in [0.15, 0.2) is 0 Å². The van der Waals surface area contributed by atoms with E-state index in [0.717, 1.165) is 24.5 Å². The highest BCUT2D eigenvalue weighted by atomic mass is 32.1. The summed E-state index contributed by atoms with van der Waals surface area (Å²) in [7, 11) is 0. The molecule has 0 aliphatic rings. The van der Waals surface area contributed by atoms with E-state index in [4.69, 9.17) is 17.0 Å². The Morgan fingerprint density at radius 3 is 1.45 bits per heavy atom. The first kappa shape index (κ1) is 21.9. The zero-order valence-corrected chi connectivity index (χ0v) is 16.2. The first-order chi connectivity index (χ1) is 10.8. The van der Waals surface area contributed by atoms with E-state index in [1.807, 2.05) is 0 Å². The summed E-state index contributed by atoms with van der Waals surface area (Å²) in [5, 5.41) is 0.820. The van der Waals surface area contributed by atoms with Gasteiger partial charge in [0.25, 0.3) is 0 Å². The lowest BCUT2D eigenvalue weighted by atomic mass is 10.0. The predicted octanol–water partition coefficient (Wildman–Crippen LogP) is 7.61. The van der Waals surface area contributed by atoms with Gasteiger partial charge < -0.3 is 4.74 Å². The molecule has 0 fully saturated rings. The second-order valence-electron chi connectivity index (χ2n) is 6.57. The molecule has 0 aromatic carbocycles. The van der Waals surface area contributed by atoms with Crippen molar-refractivity contribution >= 4 is 17.3 Å². The Bertz CT molecular complexity index is 228. The molecule has 0 bridgehead atoms. The molecule has 0 radical (unpaired) electrons. The molecule has 0 atom stereocenters. The van der Waals surface area contributed by atoms with Crippen LogP contribution in [0.25, 0.3) is 0 Å². The molecule has 0 unspecified atom stereocenters. The topological polar surface area (TPSA) is 9.23 Å². The molecule has 0 amide bonds. The van der Waals surface area contributed by atoms with Crippen LogP contribution < -0.4 is 0 Å². The molecule has 0 spiro atoms. The summed E-state index contributed by atoms with van der Waals surface area (Å²) >= 11 is 5.19. The number of ether oxygens (including phenoxy) is 1. The Balaban J connectivity index is 3.04. The third-order valence-electron chi connectivity index (χ3n) is 4.25. The first-order valence-corrected chi connectivity index (χ1v) is 10.4. The summed E-state index contributed by atoms with van der Waals surface area (Å²) in [4.78, 5) is 0. The molecule has 0 saturated carbocycles. The van der Waals surface area contributed by atoms with Gasteiger partial charge in [-0.25, -0.2) is 0 Å². The quantitative estimate of drug-likeness (QED) is 0.201. The summed E-state index contributed by atoms with van der Waals surface area (Å²) in [5.74, 6) is 0. The Labute approximate surface area is 145 Å². The Kier molecular flexibility index (Phi) is 18.8. The third kappa shape index (κ3) is 17.9. The van der Waals surface area contributed by atoms with Crippen LogP contribution in [-0.2, 0) is 4.74 Å². The molecule has 0 aliphatic carbocycles. The van der Waals surface area contributed by atoms with Gasteiger partial charge >= 0.3 is 0 Å². The zero-order valence-electron chi connectivity index (χ0n) is 15.3. The van der Waals surface area contributed by atoms with Gasteiger partial charge in [-0.1, -0.05) is 97.3 Å². The maximum absolute atomic E-state index is 5.58. The molecule has 0 heterocycles. The van der Waals surface area contributed by atoms with Crippen molar-refractivity contribution in [1.82, 2.24) is 0 Å². The molecule has 132 valence electrons. The average Bonchev–Trinajstić information content (AvgIpc) is 2.53. The lowest BCUT2D eigenvalue weighted by Gasteiger charge is -2.07. The number of thiocarbonyl (C=S) groups is 1. The average molecular weight is 329 g/mol. The first-order valence-electron chi connectivity index (χ1n) is 9.96. The Morgan fingerprint density at radius 1 is 0.591 bits per heavy atom. The van der Waals surface area contributed by atoms with Crippen LogP contribution in [0.2, 0.25) is 0 Å². The fourth-order valence-corrected chi connectivity index (χ4v) is 2.93. The maximum atomic E-state index is 5.58. The van der Waals surface area contributed by atoms with E-state index in [1.165, 1.54) is 89.9 Å². The molecule has 2 heteroatoms. The minimum absolute atomic E-state index is 0.820. The Hall–Kier alpha value is -0.110. The summed E-state index contributed by atoms with van der Waals surface area (Å²) in [6.45, 7) is 5.31. The van der Waals surface area contributed by atoms with Crippen molar-refractivity contribution in [3.63, 3.8) is 0 Å². The lowest BCUT2D eigenvalue weighted by Crippen LogP contribution is -2.03. The Morgan fingerprint density at radius 2 is 1.00 bits per heavy atom.